The van der Waals surface area contributed by atoms with Gasteiger partial charge in [-0.1, -0.05) is 18.2 Å². The fourth-order valence-electron chi connectivity index (χ4n) is 1.73. The highest BCUT2D eigenvalue weighted by Gasteiger charge is 2.22. The van der Waals surface area contributed by atoms with Crippen LogP contribution < -0.4 is 5.14 Å². The number of sulfonamides is 1. The molecule has 0 amide bonds. The van der Waals surface area contributed by atoms with Crippen LogP contribution in [0, 0.1) is 3.57 Å². The molecular weight excluding hydrogens is 395 g/mol. The zero-order chi connectivity index (χ0) is 14.8. The van der Waals surface area contributed by atoms with Gasteiger partial charge in [-0.25, -0.2) is 13.6 Å². The van der Waals surface area contributed by atoms with Crippen LogP contribution in [0.15, 0.2) is 29.4 Å². The van der Waals surface area contributed by atoms with Crippen molar-refractivity contribution in [3.8, 4) is 11.4 Å². The molecule has 0 fully saturated rings. The third-order valence-corrected chi connectivity index (χ3v) is 4.36. The van der Waals surface area contributed by atoms with Crippen molar-refractivity contribution in [2.75, 3.05) is 13.7 Å². The van der Waals surface area contributed by atoms with Gasteiger partial charge in [0.2, 0.25) is 0 Å². The van der Waals surface area contributed by atoms with Gasteiger partial charge in [-0.3, -0.25) is 4.57 Å². The number of hydrogen-bond donors (Lipinski definition) is 1. The number of aromatic nitrogens is 3. The van der Waals surface area contributed by atoms with E-state index in [2.05, 4.69) is 32.8 Å². The summed E-state index contributed by atoms with van der Waals surface area (Å²) < 4.78 is 30.5. The third kappa shape index (κ3) is 3.16. The van der Waals surface area contributed by atoms with Crippen molar-refractivity contribution in [3.05, 3.63) is 27.8 Å². The second kappa shape index (κ2) is 6.16. The largest absolute Gasteiger partial charge is 0.383 e. The first-order valence-corrected chi connectivity index (χ1v) is 8.27. The minimum absolute atomic E-state index is 0.260. The molecule has 2 aromatic rings. The molecule has 1 heterocycles. The minimum Gasteiger partial charge on any atom is -0.383 e. The van der Waals surface area contributed by atoms with E-state index in [1.807, 2.05) is 24.3 Å². The molecule has 0 aliphatic heterocycles. The van der Waals surface area contributed by atoms with Crippen molar-refractivity contribution >= 4 is 32.6 Å². The second-order valence-corrected chi connectivity index (χ2v) is 6.59. The highest BCUT2D eigenvalue weighted by atomic mass is 127. The van der Waals surface area contributed by atoms with Crippen LogP contribution in [0.3, 0.4) is 0 Å². The maximum atomic E-state index is 11.6. The Bertz CT molecular complexity index is 714. The Labute approximate surface area is 130 Å². The van der Waals surface area contributed by atoms with E-state index in [0.717, 1.165) is 9.13 Å². The first-order chi connectivity index (χ1) is 9.45. The lowest BCUT2D eigenvalue weighted by Crippen LogP contribution is -2.20. The Balaban J connectivity index is 2.60. The monoisotopic (exact) mass is 408 g/mol. The van der Waals surface area contributed by atoms with Gasteiger partial charge in [-0.2, -0.15) is 0 Å². The number of nitrogens with zero attached hydrogens (tertiary/aromatic N) is 3. The lowest BCUT2D eigenvalue weighted by molar-refractivity contribution is 0.185. The van der Waals surface area contributed by atoms with Gasteiger partial charge in [-0.15, -0.1) is 10.2 Å². The fourth-order valence-corrected chi connectivity index (χ4v) is 2.99. The SMILES string of the molecule is COCCn1c(-c2ccccc2I)nnc1S(N)(=O)=O. The molecule has 9 heteroatoms. The van der Waals surface area contributed by atoms with E-state index >= 15 is 0 Å². The lowest BCUT2D eigenvalue weighted by atomic mass is 10.2. The number of benzene rings is 1. The average Bonchev–Trinajstić information content (AvgIpc) is 2.80. The molecule has 20 heavy (non-hydrogen) atoms. The predicted molar refractivity (Wildman–Crippen MR) is 81.4 cm³/mol. The van der Waals surface area contributed by atoms with Crippen LogP contribution in [0.2, 0.25) is 0 Å². The van der Waals surface area contributed by atoms with Gasteiger partial charge in [0.15, 0.2) is 5.82 Å². The Kier molecular flexibility index (Phi) is 4.73. The van der Waals surface area contributed by atoms with Gasteiger partial charge in [-0.05, 0) is 28.7 Å². The normalized spacial score (nSPS) is 11.8. The number of hydrogen-bond acceptors (Lipinski definition) is 5. The molecule has 0 aliphatic rings. The summed E-state index contributed by atoms with van der Waals surface area (Å²) in [6, 6.07) is 7.50. The molecule has 1 aromatic carbocycles. The number of methoxy groups -OCH3 is 1. The molecule has 2 N–H and O–H groups in total. The molecule has 0 bridgehead atoms. The summed E-state index contributed by atoms with van der Waals surface area (Å²) in [6.45, 7) is 0.631. The lowest BCUT2D eigenvalue weighted by Gasteiger charge is -2.09. The molecule has 0 atom stereocenters. The van der Waals surface area contributed by atoms with Gasteiger partial charge >= 0.3 is 0 Å². The molecule has 0 radical (unpaired) electrons. The highest BCUT2D eigenvalue weighted by molar-refractivity contribution is 14.1. The maximum absolute atomic E-state index is 11.6. The predicted octanol–water partition coefficient (Wildman–Crippen LogP) is 0.843. The van der Waals surface area contributed by atoms with E-state index in [1.54, 1.807) is 0 Å². The summed E-state index contributed by atoms with van der Waals surface area (Å²) in [4.78, 5) is 0. The summed E-state index contributed by atoms with van der Waals surface area (Å²) in [5.41, 5.74) is 0.798. The molecular formula is C11H13IN4O3S. The van der Waals surface area contributed by atoms with Crippen LogP contribution in [-0.4, -0.2) is 36.9 Å². The zero-order valence-electron chi connectivity index (χ0n) is 10.7. The van der Waals surface area contributed by atoms with Crippen LogP contribution in [0.5, 0.6) is 0 Å². The first kappa shape index (κ1) is 15.4. The number of halogens is 1. The summed E-state index contributed by atoms with van der Waals surface area (Å²) in [5, 5.41) is 12.6. The van der Waals surface area contributed by atoms with E-state index in [0.29, 0.717) is 19.0 Å². The third-order valence-electron chi connectivity index (χ3n) is 2.61. The van der Waals surface area contributed by atoms with Crippen molar-refractivity contribution < 1.29 is 13.2 Å². The Morgan fingerprint density at radius 3 is 2.65 bits per heavy atom. The van der Waals surface area contributed by atoms with Gasteiger partial charge in [0, 0.05) is 16.2 Å². The Morgan fingerprint density at radius 1 is 1.35 bits per heavy atom. The quantitative estimate of drug-likeness (QED) is 0.740. The summed E-state index contributed by atoms with van der Waals surface area (Å²) >= 11 is 2.16. The van der Waals surface area contributed by atoms with Crippen molar-refractivity contribution in [1.29, 1.82) is 0 Å². The molecule has 2 rings (SSSR count). The van der Waals surface area contributed by atoms with E-state index in [-0.39, 0.29) is 5.16 Å². The van der Waals surface area contributed by atoms with Crippen LogP contribution >= 0.6 is 22.6 Å². The van der Waals surface area contributed by atoms with Crippen LogP contribution in [-0.2, 0) is 21.3 Å². The van der Waals surface area contributed by atoms with Crippen LogP contribution in [0.25, 0.3) is 11.4 Å². The van der Waals surface area contributed by atoms with Gasteiger partial charge in [0.1, 0.15) is 0 Å². The van der Waals surface area contributed by atoms with Gasteiger partial charge < -0.3 is 4.74 Å². The minimum atomic E-state index is -3.93. The highest BCUT2D eigenvalue weighted by Crippen LogP contribution is 2.25. The van der Waals surface area contributed by atoms with Gasteiger partial charge in [0.25, 0.3) is 15.2 Å². The number of rotatable bonds is 5. The topological polar surface area (TPSA) is 100 Å². The standard InChI is InChI=1S/C11H13IN4O3S/c1-19-7-6-16-10(8-4-2-3-5-9(8)12)14-15-11(16)20(13,17)18/h2-5H,6-7H2,1H3,(H2,13,17,18). The molecule has 1 aromatic heterocycles. The van der Waals surface area contributed by atoms with E-state index < -0.39 is 10.0 Å². The molecule has 0 saturated heterocycles. The molecule has 7 nitrogen and oxygen atoms in total. The van der Waals surface area contributed by atoms with Crippen molar-refractivity contribution in [1.82, 2.24) is 14.8 Å². The first-order valence-electron chi connectivity index (χ1n) is 5.65. The van der Waals surface area contributed by atoms with Crippen LogP contribution in [0.1, 0.15) is 0 Å². The number of primary sulfonamides is 1. The number of ether oxygens (including phenoxy) is 1. The van der Waals surface area contributed by atoms with E-state index in [1.165, 1.54) is 11.7 Å². The average molecular weight is 408 g/mol. The fraction of sp³-hybridized carbons (Fsp3) is 0.273. The van der Waals surface area contributed by atoms with Crippen molar-refractivity contribution in [3.63, 3.8) is 0 Å². The summed E-state index contributed by atoms with van der Waals surface area (Å²) in [5.74, 6) is 0.455. The molecule has 0 aliphatic carbocycles. The summed E-state index contributed by atoms with van der Waals surface area (Å²) in [6.07, 6.45) is 0. The molecule has 0 spiro atoms. The van der Waals surface area contributed by atoms with Gasteiger partial charge in [0.05, 0.1) is 13.2 Å². The van der Waals surface area contributed by atoms with Crippen molar-refractivity contribution in [2.24, 2.45) is 5.14 Å². The molecule has 108 valence electrons. The maximum Gasteiger partial charge on any atom is 0.273 e. The summed E-state index contributed by atoms with van der Waals surface area (Å²) in [7, 11) is -2.40. The van der Waals surface area contributed by atoms with Crippen LogP contribution in [0.4, 0.5) is 0 Å². The smallest absolute Gasteiger partial charge is 0.273 e. The zero-order valence-corrected chi connectivity index (χ0v) is 13.6. The van der Waals surface area contributed by atoms with E-state index in [9.17, 15) is 8.42 Å². The van der Waals surface area contributed by atoms with E-state index in [4.69, 9.17) is 9.88 Å². The molecule has 0 saturated carbocycles. The second-order valence-electron chi connectivity index (χ2n) is 3.98. The molecule has 0 unspecified atom stereocenters. The number of nitrogens with two attached hydrogens (primary N) is 1. The Hall–Kier alpha value is -1.04. The van der Waals surface area contributed by atoms with Crippen molar-refractivity contribution in [2.45, 2.75) is 11.7 Å². The Morgan fingerprint density at radius 2 is 2.05 bits per heavy atom.